The van der Waals surface area contributed by atoms with E-state index in [0.717, 1.165) is 17.5 Å². The maximum Gasteiger partial charge on any atom is 0.231 e. The van der Waals surface area contributed by atoms with Crippen molar-refractivity contribution in [2.75, 3.05) is 0 Å². The number of nitrogens with zero attached hydrogens (tertiary/aromatic N) is 2. The van der Waals surface area contributed by atoms with Crippen LogP contribution in [-0.4, -0.2) is 16.3 Å². The van der Waals surface area contributed by atoms with E-state index in [-0.39, 0.29) is 5.75 Å². The van der Waals surface area contributed by atoms with E-state index in [1.54, 1.807) is 42.6 Å². The second-order valence-electron chi connectivity index (χ2n) is 6.30. The summed E-state index contributed by atoms with van der Waals surface area (Å²) in [7, 11) is 0. The van der Waals surface area contributed by atoms with Gasteiger partial charge in [0.25, 0.3) is 0 Å². The third kappa shape index (κ3) is 3.75. The van der Waals surface area contributed by atoms with Gasteiger partial charge in [0, 0.05) is 16.8 Å². The Morgan fingerprint density at radius 3 is 2.71 bits per heavy atom. The highest BCUT2D eigenvalue weighted by Gasteiger charge is 2.13. The van der Waals surface area contributed by atoms with E-state index in [2.05, 4.69) is 16.9 Å². The first kappa shape index (κ1) is 18.5. The molecule has 3 aromatic carbocycles. The maximum atomic E-state index is 10.3. The van der Waals surface area contributed by atoms with Crippen molar-refractivity contribution in [1.82, 2.24) is 4.98 Å². The first-order chi connectivity index (χ1) is 13.5. The Kier molecular flexibility index (Phi) is 5.07. The van der Waals surface area contributed by atoms with Crippen molar-refractivity contribution >= 4 is 46.2 Å². The highest BCUT2D eigenvalue weighted by atomic mass is 35.5. The summed E-state index contributed by atoms with van der Waals surface area (Å²) in [5, 5.41) is 11.4. The van der Waals surface area contributed by atoms with Crippen molar-refractivity contribution < 1.29 is 9.52 Å². The molecule has 4 rings (SSSR count). The summed E-state index contributed by atoms with van der Waals surface area (Å²) < 4.78 is 5.83. The van der Waals surface area contributed by atoms with Crippen molar-refractivity contribution in [3.05, 3.63) is 75.8 Å². The molecule has 1 heterocycles. The van der Waals surface area contributed by atoms with Gasteiger partial charge in [-0.3, -0.25) is 4.99 Å². The Morgan fingerprint density at radius 2 is 1.93 bits per heavy atom. The molecule has 0 radical (unpaired) electrons. The van der Waals surface area contributed by atoms with Gasteiger partial charge in [0.2, 0.25) is 5.89 Å². The minimum absolute atomic E-state index is 0.0748. The van der Waals surface area contributed by atoms with Crippen LogP contribution in [0.15, 0.2) is 64.0 Å². The molecule has 4 nitrogen and oxygen atoms in total. The van der Waals surface area contributed by atoms with Gasteiger partial charge in [-0.1, -0.05) is 42.3 Å². The van der Waals surface area contributed by atoms with Crippen LogP contribution in [0.2, 0.25) is 10.0 Å². The quantitative estimate of drug-likeness (QED) is 0.375. The zero-order valence-electron chi connectivity index (χ0n) is 15.0. The average molecular weight is 411 g/mol. The number of aryl methyl sites for hydroxylation is 1. The number of oxazole rings is 1. The largest absolute Gasteiger partial charge is 0.507 e. The summed E-state index contributed by atoms with van der Waals surface area (Å²) in [5.41, 5.74) is 4.47. The van der Waals surface area contributed by atoms with Crippen LogP contribution in [-0.2, 0) is 6.42 Å². The van der Waals surface area contributed by atoms with Gasteiger partial charge in [-0.05, 0) is 54.4 Å². The molecule has 28 heavy (non-hydrogen) atoms. The number of phenols is 1. The number of aromatic nitrogens is 1. The van der Waals surface area contributed by atoms with Crippen molar-refractivity contribution in [2.45, 2.75) is 13.3 Å². The smallest absolute Gasteiger partial charge is 0.231 e. The minimum Gasteiger partial charge on any atom is -0.507 e. The molecular formula is C22H16Cl2N2O2. The zero-order chi connectivity index (χ0) is 19.7. The lowest BCUT2D eigenvalue weighted by Crippen LogP contribution is -1.83. The number of aromatic hydroxyl groups is 1. The van der Waals surface area contributed by atoms with Crippen molar-refractivity contribution in [3.8, 4) is 17.2 Å². The molecule has 0 aliphatic rings. The number of halogens is 2. The molecule has 0 saturated heterocycles. The van der Waals surface area contributed by atoms with Crippen LogP contribution < -0.4 is 0 Å². The number of rotatable bonds is 4. The summed E-state index contributed by atoms with van der Waals surface area (Å²) in [5.74, 6) is 0.424. The van der Waals surface area contributed by atoms with Crippen molar-refractivity contribution in [3.63, 3.8) is 0 Å². The molecule has 0 bridgehead atoms. The highest BCUT2D eigenvalue weighted by Crippen LogP contribution is 2.34. The summed E-state index contributed by atoms with van der Waals surface area (Å²) in [6.07, 6.45) is 2.56. The number of hydrogen-bond donors (Lipinski definition) is 1. The molecule has 0 spiro atoms. The Labute approximate surface area is 172 Å². The summed E-state index contributed by atoms with van der Waals surface area (Å²) in [6, 6.07) is 16.1. The van der Waals surface area contributed by atoms with E-state index < -0.39 is 0 Å². The van der Waals surface area contributed by atoms with Gasteiger partial charge in [0.05, 0.1) is 16.3 Å². The van der Waals surface area contributed by atoms with Crippen molar-refractivity contribution in [1.29, 1.82) is 0 Å². The third-order valence-electron chi connectivity index (χ3n) is 4.39. The van der Waals surface area contributed by atoms with Crippen LogP contribution in [0.4, 0.5) is 5.69 Å². The molecular weight excluding hydrogens is 395 g/mol. The normalized spacial score (nSPS) is 11.5. The van der Waals surface area contributed by atoms with E-state index in [0.29, 0.717) is 32.8 Å². The van der Waals surface area contributed by atoms with Gasteiger partial charge < -0.3 is 9.52 Å². The second kappa shape index (κ2) is 7.66. The van der Waals surface area contributed by atoms with Gasteiger partial charge >= 0.3 is 0 Å². The number of aliphatic imine (C=N–C) groups is 1. The maximum absolute atomic E-state index is 10.3. The van der Waals surface area contributed by atoms with Gasteiger partial charge in [-0.25, -0.2) is 4.98 Å². The highest BCUT2D eigenvalue weighted by molar-refractivity contribution is 6.36. The molecule has 0 aliphatic carbocycles. The van der Waals surface area contributed by atoms with Gasteiger partial charge in [0.15, 0.2) is 5.58 Å². The fraction of sp³-hybridized carbons (Fsp3) is 0.0909. The molecule has 4 aromatic rings. The number of fused-ring (bicyclic) bond motifs is 1. The van der Waals surface area contributed by atoms with Crippen LogP contribution >= 0.6 is 23.2 Å². The van der Waals surface area contributed by atoms with Gasteiger partial charge in [-0.2, -0.15) is 0 Å². The molecule has 6 heteroatoms. The van der Waals surface area contributed by atoms with Crippen LogP contribution in [0.5, 0.6) is 5.75 Å². The van der Waals surface area contributed by atoms with Crippen LogP contribution in [0.1, 0.15) is 18.1 Å². The molecule has 0 atom stereocenters. The topological polar surface area (TPSA) is 58.6 Å². The van der Waals surface area contributed by atoms with E-state index in [1.807, 2.05) is 18.2 Å². The van der Waals surface area contributed by atoms with Gasteiger partial charge in [0.1, 0.15) is 11.3 Å². The molecule has 1 aromatic heterocycles. The fourth-order valence-corrected chi connectivity index (χ4v) is 3.29. The van der Waals surface area contributed by atoms with Crippen molar-refractivity contribution in [2.24, 2.45) is 4.99 Å². The summed E-state index contributed by atoms with van der Waals surface area (Å²) in [4.78, 5) is 8.96. The van der Waals surface area contributed by atoms with E-state index >= 15 is 0 Å². The minimum atomic E-state index is 0.0748. The predicted octanol–water partition coefficient (Wildman–Crippen LogP) is 6.82. The van der Waals surface area contributed by atoms with E-state index in [9.17, 15) is 5.11 Å². The van der Waals surface area contributed by atoms with Gasteiger partial charge in [-0.15, -0.1) is 0 Å². The lowest BCUT2D eigenvalue weighted by Gasteiger charge is -2.02. The van der Waals surface area contributed by atoms with Crippen LogP contribution in [0.25, 0.3) is 22.6 Å². The predicted molar refractivity (Wildman–Crippen MR) is 114 cm³/mol. The second-order valence-corrected chi connectivity index (χ2v) is 7.14. The summed E-state index contributed by atoms with van der Waals surface area (Å²) in [6.45, 7) is 2.09. The molecule has 0 fully saturated rings. The van der Waals surface area contributed by atoms with E-state index in [1.165, 1.54) is 5.56 Å². The molecule has 0 aliphatic heterocycles. The number of hydrogen-bond acceptors (Lipinski definition) is 4. The van der Waals surface area contributed by atoms with Crippen LogP contribution in [0.3, 0.4) is 0 Å². The Morgan fingerprint density at radius 1 is 1.07 bits per heavy atom. The first-order valence-electron chi connectivity index (χ1n) is 8.75. The SMILES string of the molecule is CCc1ccc2oc(-c3cc(N=Cc4ccc(Cl)cc4Cl)ccc3O)nc2c1. The number of benzene rings is 3. The first-order valence-corrected chi connectivity index (χ1v) is 9.51. The van der Waals surface area contributed by atoms with E-state index in [4.69, 9.17) is 27.6 Å². The Bertz CT molecular complexity index is 1200. The standard InChI is InChI=1S/C22H16Cl2N2O2/c1-2-13-3-8-21-19(9-13)26-22(28-21)17-11-16(6-7-20(17)27)25-12-14-4-5-15(23)10-18(14)24/h3-12,27H,2H2,1H3. The molecule has 0 saturated carbocycles. The molecule has 1 N–H and O–H groups in total. The lowest BCUT2D eigenvalue weighted by molar-refractivity contribution is 0.474. The number of phenolic OH excluding ortho intramolecular Hbond substituents is 1. The molecule has 140 valence electrons. The fourth-order valence-electron chi connectivity index (χ4n) is 2.83. The average Bonchev–Trinajstić information content (AvgIpc) is 3.11. The zero-order valence-corrected chi connectivity index (χ0v) is 16.5. The Hall–Kier alpha value is -2.82. The molecule has 0 unspecified atom stereocenters. The Balaban J connectivity index is 1.70. The summed E-state index contributed by atoms with van der Waals surface area (Å²) >= 11 is 12.1. The third-order valence-corrected chi connectivity index (χ3v) is 4.95. The molecule has 0 amide bonds. The van der Waals surface area contributed by atoms with Crippen LogP contribution in [0, 0.1) is 0 Å². The monoisotopic (exact) mass is 410 g/mol. The lowest BCUT2D eigenvalue weighted by atomic mass is 10.1.